The molecule has 92 valence electrons. The number of allylic oxidation sites excluding steroid dienone is 2. The summed E-state index contributed by atoms with van der Waals surface area (Å²) in [4.78, 5) is 33.5. The third-order valence-corrected chi connectivity index (χ3v) is 3.68. The van der Waals surface area contributed by atoms with E-state index in [0.717, 1.165) is 19.1 Å². The maximum Gasteiger partial charge on any atom is 0.318 e. The van der Waals surface area contributed by atoms with Gasteiger partial charge in [-0.2, -0.15) is 0 Å². The number of carbonyl (C=O) groups is 3. The molecule has 0 radical (unpaired) electrons. The van der Waals surface area contributed by atoms with Gasteiger partial charge in [0.1, 0.15) is 6.29 Å². The van der Waals surface area contributed by atoms with E-state index in [4.69, 9.17) is 4.74 Å². The van der Waals surface area contributed by atoms with Crippen LogP contribution in [0.15, 0.2) is 12.2 Å². The number of aldehydes is 1. The van der Waals surface area contributed by atoms with Gasteiger partial charge in [0, 0.05) is 6.42 Å². The number of fused-ring (bicyclic) bond motifs is 1. The Morgan fingerprint density at radius 3 is 2.65 bits per heavy atom. The largest absolute Gasteiger partial charge is 0.393 e. The van der Waals surface area contributed by atoms with Crippen molar-refractivity contribution < 1.29 is 19.1 Å². The highest BCUT2D eigenvalue weighted by Crippen LogP contribution is 2.41. The first-order valence-corrected chi connectivity index (χ1v) is 6.02. The van der Waals surface area contributed by atoms with Crippen LogP contribution in [0.2, 0.25) is 0 Å². The molecule has 1 aliphatic heterocycles. The zero-order valence-corrected chi connectivity index (χ0v) is 9.80. The van der Waals surface area contributed by atoms with Crippen molar-refractivity contribution in [2.24, 2.45) is 23.7 Å². The quantitative estimate of drug-likeness (QED) is 0.244. The van der Waals surface area contributed by atoms with Crippen LogP contribution in [0.25, 0.3) is 0 Å². The van der Waals surface area contributed by atoms with Gasteiger partial charge in [0.25, 0.3) is 0 Å². The molecule has 0 N–H and O–H groups in total. The number of carbonyl (C=O) groups excluding carboxylic acids is 3. The summed E-state index contributed by atoms with van der Waals surface area (Å²) in [5.74, 6) is -1.36. The second-order valence-corrected chi connectivity index (χ2v) is 4.80. The number of hydrogen-bond acceptors (Lipinski definition) is 4. The molecule has 0 bridgehead atoms. The first-order valence-electron chi connectivity index (χ1n) is 6.02. The van der Waals surface area contributed by atoms with Gasteiger partial charge in [-0.05, 0) is 24.7 Å². The smallest absolute Gasteiger partial charge is 0.318 e. The van der Waals surface area contributed by atoms with Crippen molar-refractivity contribution in [1.82, 2.24) is 0 Å². The summed E-state index contributed by atoms with van der Waals surface area (Å²) in [5.41, 5.74) is 0. The summed E-state index contributed by atoms with van der Waals surface area (Å²) >= 11 is 0. The average Bonchev–Trinajstić information content (AvgIpc) is 2.59. The Bertz CT molecular complexity index is 372. The first kappa shape index (κ1) is 12.0. The molecule has 1 fully saturated rings. The van der Waals surface area contributed by atoms with E-state index in [0.29, 0.717) is 6.42 Å². The Morgan fingerprint density at radius 2 is 1.94 bits per heavy atom. The molecule has 4 atom stereocenters. The number of rotatable bonds is 4. The molecule has 0 aromatic carbocycles. The van der Waals surface area contributed by atoms with Crippen LogP contribution in [0.4, 0.5) is 0 Å². The van der Waals surface area contributed by atoms with Gasteiger partial charge in [0.2, 0.25) is 0 Å². The van der Waals surface area contributed by atoms with Crippen LogP contribution in [-0.2, 0) is 19.1 Å². The van der Waals surface area contributed by atoms with Crippen LogP contribution in [0.3, 0.4) is 0 Å². The molecule has 17 heavy (non-hydrogen) atoms. The summed E-state index contributed by atoms with van der Waals surface area (Å²) in [6, 6.07) is 0. The lowest BCUT2D eigenvalue weighted by Crippen LogP contribution is -2.32. The van der Waals surface area contributed by atoms with Gasteiger partial charge in [0.15, 0.2) is 0 Å². The predicted molar refractivity (Wildman–Crippen MR) is 59.8 cm³/mol. The molecule has 0 saturated carbocycles. The Morgan fingerprint density at radius 1 is 1.24 bits per heavy atom. The Kier molecular flexibility index (Phi) is 3.41. The van der Waals surface area contributed by atoms with Gasteiger partial charge in [0.05, 0.1) is 11.8 Å². The number of cyclic esters (lactones) is 2. The lowest BCUT2D eigenvalue weighted by molar-refractivity contribution is -0.154. The number of esters is 2. The average molecular weight is 236 g/mol. The predicted octanol–water partition coefficient (Wildman–Crippen LogP) is 1.49. The fourth-order valence-electron chi connectivity index (χ4n) is 2.78. The van der Waals surface area contributed by atoms with Crippen LogP contribution < -0.4 is 0 Å². The minimum Gasteiger partial charge on any atom is -0.393 e. The Balaban J connectivity index is 2.12. The molecule has 2 rings (SSSR count). The molecule has 0 spiro atoms. The fraction of sp³-hybridized carbons (Fsp3) is 0.615. The molecule has 4 heteroatoms. The summed E-state index contributed by atoms with van der Waals surface area (Å²) in [6.45, 7) is 1.93. The third kappa shape index (κ3) is 2.16. The number of ether oxygens (including phenoxy) is 1. The van der Waals surface area contributed by atoms with Gasteiger partial charge in [-0.25, -0.2) is 0 Å². The highest BCUT2D eigenvalue weighted by molar-refractivity contribution is 5.97. The SMILES string of the molecule is C[C@@H]1C=C[C@H](CCCC=O)[C@@H]2C(=O)OC(=O)[C@@H]21. The zero-order valence-electron chi connectivity index (χ0n) is 9.80. The van der Waals surface area contributed by atoms with E-state index >= 15 is 0 Å². The Labute approximate surface area is 100 Å². The molecular weight excluding hydrogens is 220 g/mol. The van der Waals surface area contributed by atoms with E-state index in [1.165, 1.54) is 0 Å². The monoisotopic (exact) mass is 236 g/mol. The van der Waals surface area contributed by atoms with Crippen molar-refractivity contribution in [2.75, 3.05) is 0 Å². The van der Waals surface area contributed by atoms with Crippen LogP contribution >= 0.6 is 0 Å². The second kappa shape index (κ2) is 4.82. The minimum absolute atomic E-state index is 0.0371. The summed E-state index contributed by atoms with van der Waals surface area (Å²) in [5, 5.41) is 0. The molecule has 0 aromatic heterocycles. The molecular formula is C13H16O4. The lowest BCUT2D eigenvalue weighted by Gasteiger charge is -2.28. The van der Waals surface area contributed by atoms with Crippen molar-refractivity contribution in [2.45, 2.75) is 26.2 Å². The van der Waals surface area contributed by atoms with Gasteiger partial charge in [-0.1, -0.05) is 19.1 Å². The molecule has 0 aromatic rings. The highest BCUT2D eigenvalue weighted by Gasteiger charge is 2.50. The topological polar surface area (TPSA) is 60.4 Å². The molecule has 1 aliphatic carbocycles. The van der Waals surface area contributed by atoms with Gasteiger partial charge in [-0.3, -0.25) is 9.59 Å². The van der Waals surface area contributed by atoms with Crippen LogP contribution in [-0.4, -0.2) is 18.2 Å². The van der Waals surface area contributed by atoms with E-state index in [1.54, 1.807) is 0 Å². The van der Waals surface area contributed by atoms with Gasteiger partial charge in [-0.15, -0.1) is 0 Å². The minimum atomic E-state index is -0.396. The van der Waals surface area contributed by atoms with Crippen molar-refractivity contribution in [1.29, 1.82) is 0 Å². The maximum atomic E-state index is 11.7. The van der Waals surface area contributed by atoms with E-state index in [2.05, 4.69) is 0 Å². The van der Waals surface area contributed by atoms with Crippen molar-refractivity contribution in [3.63, 3.8) is 0 Å². The number of unbranched alkanes of at least 4 members (excludes halogenated alkanes) is 1. The van der Waals surface area contributed by atoms with Crippen molar-refractivity contribution in [3.05, 3.63) is 12.2 Å². The normalized spacial score (nSPS) is 35.6. The molecule has 2 aliphatic rings. The van der Waals surface area contributed by atoms with Crippen LogP contribution in [0.5, 0.6) is 0 Å². The summed E-state index contributed by atoms with van der Waals surface area (Å²) in [6.07, 6.45) is 6.86. The van der Waals surface area contributed by atoms with Gasteiger partial charge < -0.3 is 9.53 Å². The van der Waals surface area contributed by atoms with Crippen molar-refractivity contribution >= 4 is 18.2 Å². The van der Waals surface area contributed by atoms with E-state index in [9.17, 15) is 14.4 Å². The zero-order chi connectivity index (χ0) is 12.4. The molecule has 4 nitrogen and oxygen atoms in total. The van der Waals surface area contributed by atoms with E-state index < -0.39 is 11.9 Å². The van der Waals surface area contributed by atoms with Crippen LogP contribution in [0, 0.1) is 23.7 Å². The van der Waals surface area contributed by atoms with E-state index in [-0.39, 0.29) is 23.7 Å². The first-order chi connectivity index (χ1) is 8.15. The summed E-state index contributed by atoms with van der Waals surface area (Å²) in [7, 11) is 0. The van der Waals surface area contributed by atoms with Crippen molar-refractivity contribution in [3.8, 4) is 0 Å². The third-order valence-electron chi connectivity index (χ3n) is 3.68. The molecule has 1 saturated heterocycles. The lowest BCUT2D eigenvalue weighted by atomic mass is 9.71. The van der Waals surface area contributed by atoms with Gasteiger partial charge >= 0.3 is 11.9 Å². The molecule has 0 unspecified atom stereocenters. The van der Waals surface area contributed by atoms with Crippen LogP contribution in [0.1, 0.15) is 26.2 Å². The second-order valence-electron chi connectivity index (χ2n) is 4.80. The maximum absolute atomic E-state index is 11.7. The highest BCUT2D eigenvalue weighted by atomic mass is 16.6. The number of hydrogen-bond donors (Lipinski definition) is 0. The molecule has 1 heterocycles. The Hall–Kier alpha value is -1.45. The standard InChI is InChI=1S/C13H16O4/c1-8-5-6-9(4-2-3-7-14)11-10(8)12(15)17-13(11)16/h5-11H,2-4H2,1H3/t8-,9+,10-,11+/m1/s1. The summed E-state index contributed by atoms with van der Waals surface area (Å²) < 4.78 is 4.73. The van der Waals surface area contributed by atoms with E-state index in [1.807, 2.05) is 19.1 Å². The molecule has 0 amide bonds. The fourth-order valence-corrected chi connectivity index (χ4v) is 2.78.